The maximum atomic E-state index is 12.4. The van der Waals surface area contributed by atoms with E-state index in [0.717, 1.165) is 0 Å². The van der Waals surface area contributed by atoms with Crippen molar-refractivity contribution in [3.05, 3.63) is 54.0 Å². The Balaban J connectivity index is 1.90. The van der Waals surface area contributed by atoms with E-state index in [-0.39, 0.29) is 17.6 Å². The molecule has 0 saturated carbocycles. The van der Waals surface area contributed by atoms with Gasteiger partial charge in [-0.05, 0) is 43.2 Å². The van der Waals surface area contributed by atoms with E-state index in [1.807, 2.05) is 0 Å². The van der Waals surface area contributed by atoms with Crippen molar-refractivity contribution in [1.29, 1.82) is 0 Å². The van der Waals surface area contributed by atoms with Gasteiger partial charge in [-0.3, -0.25) is 14.4 Å². The number of hydrogen-bond acceptors (Lipinski definition) is 6. The summed E-state index contributed by atoms with van der Waals surface area (Å²) in [7, 11) is 0. The molecule has 9 heteroatoms. The lowest BCUT2D eigenvalue weighted by Crippen LogP contribution is -2.45. The minimum atomic E-state index is -0.948. The quantitative estimate of drug-likeness (QED) is 0.538. The lowest BCUT2D eigenvalue weighted by Gasteiger charge is -2.20. The summed E-state index contributed by atoms with van der Waals surface area (Å²) >= 11 is 0. The van der Waals surface area contributed by atoms with Crippen molar-refractivity contribution in [3.8, 4) is 0 Å². The Morgan fingerprint density at radius 2 is 1.83 bits per heavy atom. The zero-order valence-corrected chi connectivity index (χ0v) is 17.1. The molecule has 30 heavy (non-hydrogen) atoms. The van der Waals surface area contributed by atoms with E-state index in [0.29, 0.717) is 17.8 Å². The molecule has 0 aliphatic rings. The molecule has 0 unspecified atom stereocenters. The number of carbonyl (C=O) groups excluding carboxylic acids is 4. The Hall–Kier alpha value is -3.62. The molecule has 0 fully saturated rings. The van der Waals surface area contributed by atoms with Crippen LogP contribution in [0, 0.1) is 5.92 Å². The van der Waals surface area contributed by atoms with Gasteiger partial charge in [-0.15, -0.1) is 0 Å². The Morgan fingerprint density at radius 1 is 1.07 bits per heavy atom. The maximum absolute atomic E-state index is 12.4. The molecule has 1 aromatic carbocycles. The van der Waals surface area contributed by atoms with Crippen molar-refractivity contribution in [2.24, 2.45) is 5.92 Å². The van der Waals surface area contributed by atoms with Crippen LogP contribution in [0.4, 0.5) is 5.69 Å². The lowest BCUT2D eigenvalue weighted by molar-refractivity contribution is -0.150. The molecule has 1 heterocycles. The van der Waals surface area contributed by atoms with Crippen LogP contribution in [-0.4, -0.2) is 42.9 Å². The average Bonchev–Trinajstić information content (AvgIpc) is 3.25. The summed E-state index contributed by atoms with van der Waals surface area (Å²) in [6.07, 6.45) is 1.35. The van der Waals surface area contributed by atoms with Crippen LogP contribution < -0.4 is 16.0 Å². The number of amides is 3. The summed E-state index contributed by atoms with van der Waals surface area (Å²) < 4.78 is 10.1. The third-order valence-electron chi connectivity index (χ3n) is 4.04. The Kier molecular flexibility index (Phi) is 8.16. The lowest BCUT2D eigenvalue weighted by atomic mass is 10.0. The summed E-state index contributed by atoms with van der Waals surface area (Å²) in [6.45, 7) is 5.23. The molecule has 2 rings (SSSR count). The first-order valence-electron chi connectivity index (χ1n) is 9.51. The highest BCUT2D eigenvalue weighted by Gasteiger charge is 2.27. The molecular weight excluding hydrogens is 390 g/mol. The first kappa shape index (κ1) is 22.7. The van der Waals surface area contributed by atoms with Crippen molar-refractivity contribution in [2.75, 3.05) is 18.5 Å². The van der Waals surface area contributed by atoms with E-state index in [9.17, 15) is 19.2 Å². The highest BCUT2D eigenvalue weighted by molar-refractivity contribution is 5.98. The Bertz CT molecular complexity index is 892. The first-order chi connectivity index (χ1) is 14.3. The zero-order valence-electron chi connectivity index (χ0n) is 17.1. The summed E-state index contributed by atoms with van der Waals surface area (Å²) in [4.78, 5) is 48.5. The van der Waals surface area contributed by atoms with Crippen molar-refractivity contribution in [3.63, 3.8) is 0 Å². The second kappa shape index (κ2) is 10.8. The smallest absolute Gasteiger partial charge is 0.329 e. The Labute approximate surface area is 174 Å². The van der Waals surface area contributed by atoms with Crippen molar-refractivity contribution in [2.45, 2.75) is 26.8 Å². The summed E-state index contributed by atoms with van der Waals surface area (Å²) in [5.41, 5.74) is 0.790. The second-order valence-electron chi connectivity index (χ2n) is 6.77. The molecule has 0 radical (unpaired) electrons. The van der Waals surface area contributed by atoms with Crippen LogP contribution in [0.25, 0.3) is 0 Å². The predicted octanol–water partition coefficient (Wildman–Crippen LogP) is 1.97. The van der Waals surface area contributed by atoms with E-state index >= 15 is 0 Å². The summed E-state index contributed by atoms with van der Waals surface area (Å²) in [5.74, 6) is -2.33. The van der Waals surface area contributed by atoms with Crippen LogP contribution in [0.5, 0.6) is 0 Å². The van der Waals surface area contributed by atoms with Crippen LogP contribution in [0.2, 0.25) is 0 Å². The van der Waals surface area contributed by atoms with Gasteiger partial charge in [-0.25, -0.2) is 4.79 Å². The number of hydrogen-bond donors (Lipinski definition) is 3. The first-order valence-corrected chi connectivity index (χ1v) is 9.51. The molecule has 0 aliphatic heterocycles. The molecule has 0 bridgehead atoms. The number of benzene rings is 1. The SMILES string of the molecule is CCNC(=O)c1cccc(NC(=O)COC(=O)[C@@H](NC(=O)c2ccco2)C(C)C)c1. The number of furan rings is 1. The van der Waals surface area contributed by atoms with Gasteiger partial charge in [0, 0.05) is 17.8 Å². The molecule has 2 aromatic rings. The van der Waals surface area contributed by atoms with Crippen molar-refractivity contribution >= 4 is 29.4 Å². The van der Waals surface area contributed by atoms with Crippen LogP contribution in [-0.2, 0) is 14.3 Å². The maximum Gasteiger partial charge on any atom is 0.329 e. The molecule has 3 N–H and O–H groups in total. The van der Waals surface area contributed by atoms with Gasteiger partial charge in [0.2, 0.25) is 0 Å². The number of esters is 1. The van der Waals surface area contributed by atoms with Gasteiger partial charge in [-0.1, -0.05) is 19.9 Å². The topological polar surface area (TPSA) is 127 Å². The van der Waals surface area contributed by atoms with E-state index in [2.05, 4.69) is 16.0 Å². The zero-order chi connectivity index (χ0) is 22.1. The highest BCUT2D eigenvalue weighted by Crippen LogP contribution is 2.11. The Morgan fingerprint density at radius 3 is 2.47 bits per heavy atom. The van der Waals surface area contributed by atoms with Gasteiger partial charge in [-0.2, -0.15) is 0 Å². The number of anilines is 1. The largest absolute Gasteiger partial charge is 0.459 e. The number of ether oxygens (including phenoxy) is 1. The van der Waals surface area contributed by atoms with Crippen LogP contribution in [0.1, 0.15) is 41.7 Å². The number of rotatable bonds is 9. The molecule has 0 saturated heterocycles. The predicted molar refractivity (Wildman–Crippen MR) is 109 cm³/mol. The minimum absolute atomic E-state index is 0.0678. The summed E-state index contributed by atoms with van der Waals surface area (Å²) in [6, 6.07) is 8.47. The van der Waals surface area contributed by atoms with E-state index in [1.54, 1.807) is 45.0 Å². The van der Waals surface area contributed by atoms with Gasteiger partial charge in [0.1, 0.15) is 6.04 Å². The molecule has 1 aromatic heterocycles. The third-order valence-corrected chi connectivity index (χ3v) is 4.04. The van der Waals surface area contributed by atoms with Gasteiger partial charge >= 0.3 is 5.97 Å². The second-order valence-corrected chi connectivity index (χ2v) is 6.77. The molecular formula is C21H25N3O6. The van der Waals surface area contributed by atoms with E-state index in [1.165, 1.54) is 18.4 Å². The molecule has 160 valence electrons. The normalized spacial score (nSPS) is 11.5. The number of carbonyl (C=O) groups is 4. The standard InChI is InChI=1S/C21H25N3O6/c1-4-22-19(26)14-7-5-8-15(11-14)23-17(25)12-30-21(28)18(13(2)3)24-20(27)16-9-6-10-29-16/h5-11,13,18H,4,12H2,1-3H3,(H,22,26)(H,23,25)(H,24,27)/t18-/m0/s1. The average molecular weight is 415 g/mol. The summed E-state index contributed by atoms with van der Waals surface area (Å²) in [5, 5.41) is 7.78. The molecule has 1 atom stereocenters. The monoisotopic (exact) mass is 415 g/mol. The van der Waals surface area contributed by atoms with Crippen LogP contribution in [0.15, 0.2) is 47.1 Å². The molecule has 0 spiro atoms. The van der Waals surface area contributed by atoms with Crippen LogP contribution >= 0.6 is 0 Å². The van der Waals surface area contributed by atoms with E-state index < -0.39 is 30.4 Å². The van der Waals surface area contributed by atoms with Crippen molar-refractivity contribution < 1.29 is 28.3 Å². The number of nitrogens with one attached hydrogen (secondary N) is 3. The minimum Gasteiger partial charge on any atom is -0.459 e. The van der Waals surface area contributed by atoms with Gasteiger partial charge in [0.25, 0.3) is 17.7 Å². The molecule has 0 aliphatic carbocycles. The fraction of sp³-hybridized carbons (Fsp3) is 0.333. The fourth-order valence-corrected chi connectivity index (χ4v) is 2.54. The van der Waals surface area contributed by atoms with Gasteiger partial charge in [0.05, 0.1) is 6.26 Å². The van der Waals surface area contributed by atoms with Gasteiger partial charge < -0.3 is 25.1 Å². The van der Waals surface area contributed by atoms with Crippen LogP contribution in [0.3, 0.4) is 0 Å². The van der Waals surface area contributed by atoms with Crippen molar-refractivity contribution in [1.82, 2.24) is 10.6 Å². The van der Waals surface area contributed by atoms with Gasteiger partial charge in [0.15, 0.2) is 12.4 Å². The third kappa shape index (κ3) is 6.47. The van der Waals surface area contributed by atoms with E-state index in [4.69, 9.17) is 9.15 Å². The highest BCUT2D eigenvalue weighted by atomic mass is 16.5. The molecule has 3 amide bonds. The molecule has 9 nitrogen and oxygen atoms in total. The fourth-order valence-electron chi connectivity index (χ4n) is 2.54.